The lowest BCUT2D eigenvalue weighted by molar-refractivity contribution is -0.142. The van der Waals surface area contributed by atoms with Crippen molar-refractivity contribution >= 4 is 115 Å². The van der Waals surface area contributed by atoms with E-state index < -0.39 is 206 Å². The van der Waals surface area contributed by atoms with Gasteiger partial charge in [-0.15, -0.1) is 0 Å². The monoisotopic (exact) mass is 1680 g/mol. The fraction of sp³-hybridized carbons (Fsp3) is 0.439. The molecule has 37 heteroatoms. The highest BCUT2D eigenvalue weighted by atomic mass is 33.1. The number of unbranched alkanes of at least 4 members (excludes halogenated alkanes) is 1. The Morgan fingerprint density at radius 3 is 1.59 bits per heavy atom. The number of benzene rings is 5. The van der Waals surface area contributed by atoms with Gasteiger partial charge in [-0.05, 0) is 104 Å². The fourth-order valence-corrected chi connectivity index (χ4v) is 15.3. The summed E-state index contributed by atoms with van der Waals surface area (Å²) in [6.07, 6.45) is -3.04. The molecule has 2 saturated heterocycles. The minimum atomic E-state index is -1.95. The minimum Gasteiger partial charge on any atom is -0.508 e. The lowest BCUT2D eigenvalue weighted by Gasteiger charge is -2.29. The number of carboxylic acids is 1. The third kappa shape index (κ3) is 30.1. The molecule has 1 aromatic heterocycles. The number of aromatic hydroxyl groups is 1. The van der Waals surface area contributed by atoms with Crippen LogP contribution in [0, 0.1) is 0 Å². The van der Waals surface area contributed by atoms with Gasteiger partial charge in [0.2, 0.25) is 76.8 Å². The number of carboxylic acid groups (broad SMARTS) is 1. The number of hydrogen-bond acceptors (Lipinski definition) is 22. The summed E-state index contributed by atoms with van der Waals surface area (Å²) in [5.41, 5.74) is 16.2. The zero-order chi connectivity index (χ0) is 86.1. The molecule has 0 unspecified atom stereocenters. The van der Waals surface area contributed by atoms with Gasteiger partial charge in [0, 0.05) is 92.8 Å². The maximum Gasteiger partial charge on any atom is 0.327 e. The van der Waals surface area contributed by atoms with Crippen LogP contribution in [0.3, 0.4) is 0 Å². The first kappa shape index (κ1) is 93.0. The molecule has 2 fully saturated rings. The Balaban J connectivity index is 1.26. The second kappa shape index (κ2) is 47.2. The van der Waals surface area contributed by atoms with Crippen LogP contribution in [0.1, 0.15) is 99.1 Å². The molecule has 5 aromatic carbocycles. The number of carbonyl (C=O) groups is 14. The summed E-state index contributed by atoms with van der Waals surface area (Å²) in [7, 11) is 1.64. The van der Waals surface area contributed by atoms with Crippen molar-refractivity contribution in [3.8, 4) is 5.75 Å². The summed E-state index contributed by atoms with van der Waals surface area (Å²) in [6, 6.07) is 16.2. The summed E-state index contributed by atoms with van der Waals surface area (Å²) in [5, 5.41) is 80.6. The van der Waals surface area contributed by atoms with Crippen molar-refractivity contribution in [3.63, 3.8) is 0 Å². The number of fused-ring (bicyclic) bond motifs is 12. The van der Waals surface area contributed by atoms with Gasteiger partial charge >= 0.3 is 5.97 Å². The quantitative estimate of drug-likeness (QED) is 0.0267. The SMILES string of the molecule is CC(C)NCc1ccc(C[C@@H]2NC(=O)[C@@H](Cc3c[nH]c4ccccc34)NC(=O)[C@@H]3CCC(=O)NCCC(=O)NCC[C@H](NC(=O)[C@H](Cc4ccccc4)NC(=O)[C@H]([C@@H](C)O)NC2=O)C(=O)N[C@@H](CO)C(=O)N[C@H](C(=O)O)CSSC[C@H](NC(=O)[C@@H](N)Cc2ccc(O)cc2)C(=O)N[C@@H](CCCCN)C(=O)N[C@@H](Cc2ccccc2)C(=O)N3)cc1. The molecule has 640 valence electrons. The van der Waals surface area contributed by atoms with E-state index in [2.05, 4.69) is 79.4 Å². The van der Waals surface area contributed by atoms with Gasteiger partial charge < -0.3 is 111 Å². The third-order valence-electron chi connectivity index (χ3n) is 19.7. The van der Waals surface area contributed by atoms with Crippen molar-refractivity contribution in [2.75, 3.05) is 37.7 Å². The molecule has 8 rings (SSSR count). The number of nitrogens with two attached hydrogens (primary N) is 2. The molecule has 35 nitrogen and oxygen atoms in total. The van der Waals surface area contributed by atoms with Gasteiger partial charge in [0.05, 0.1) is 18.8 Å². The van der Waals surface area contributed by atoms with E-state index in [1.54, 1.807) is 115 Å². The molecule has 13 atom stereocenters. The summed E-state index contributed by atoms with van der Waals surface area (Å²) >= 11 is 0. The Kier molecular flexibility index (Phi) is 36.9. The van der Waals surface area contributed by atoms with Crippen LogP contribution >= 0.6 is 21.6 Å². The van der Waals surface area contributed by atoms with Gasteiger partial charge in [-0.3, -0.25) is 62.3 Å². The van der Waals surface area contributed by atoms with E-state index in [1.165, 1.54) is 31.2 Å². The molecule has 0 saturated carbocycles. The number of carbonyl (C=O) groups excluding carboxylic acids is 13. The topological polar surface area (TPSA) is 556 Å². The maximum atomic E-state index is 15.6. The summed E-state index contributed by atoms with van der Waals surface area (Å²) in [5.74, 6) is -15.6. The number of nitrogens with one attached hydrogen (secondary N) is 15. The van der Waals surface area contributed by atoms with Gasteiger partial charge in [0.15, 0.2) is 0 Å². The Morgan fingerprint density at radius 2 is 0.992 bits per heavy atom. The number of H-pyrrole nitrogens is 1. The first-order valence-corrected chi connectivity index (χ1v) is 41.8. The second-order valence-corrected chi connectivity index (χ2v) is 32.0. The zero-order valence-electron chi connectivity index (χ0n) is 66.3. The standard InChI is InChI=1S/C82H107N17O18S2/c1-46(2)87-41-52-23-21-51(22-24-52)39-63-78(112)99-70(47(3)101)81(115)95-62(38-49-16-8-5-9-17-49)76(110)91-60-31-34-85-69(104)32-35-86-68(103)30-29-59(73(107)94-64(77(111)93-63)40-53-42-88-57-19-11-10-18-55(53)57)90-75(109)61(37-48-14-6-4-7-15-48)92-72(106)58(20-12-13-33-83)89-80(114)66(97-71(105)56(84)36-50-25-27-54(102)28-26-50)44-118-119-45-67(82(116)117)98-79(113)65(43-100)96-74(60)108/h4-11,14-19,21-28,42,46-47,56,58-67,70,87-88,100-102H,12-13,20,29-41,43-45,83-84H2,1-3H3,(H,85,104)(H,86,103)(H,89,114)(H,90,109)(H,91,110)(H,92,106)(H,93,111)(H,94,107)(H,95,115)(H,96,108)(H,97,105)(H,98,113)(H,99,112)(H,116,117)/t47-,56+,58+,59+,60+,61+,62+,63+,64-,65+,66+,67+,70+/m1/s1. The van der Waals surface area contributed by atoms with E-state index in [0.717, 1.165) is 27.2 Å². The number of phenols is 1. The Labute approximate surface area is 695 Å². The van der Waals surface area contributed by atoms with E-state index in [4.69, 9.17) is 11.5 Å². The minimum absolute atomic E-state index is 0.0620. The van der Waals surface area contributed by atoms with Gasteiger partial charge in [0.25, 0.3) is 0 Å². The number of phenolic OH excluding ortho intramolecular Hbond substituents is 1. The van der Waals surface area contributed by atoms with E-state index in [0.29, 0.717) is 51.7 Å². The van der Waals surface area contributed by atoms with Crippen LogP contribution in [-0.4, -0.2) is 231 Å². The summed E-state index contributed by atoms with van der Waals surface area (Å²) in [6.45, 7) is 3.79. The first-order valence-electron chi connectivity index (χ1n) is 39.4. The van der Waals surface area contributed by atoms with Crippen molar-refractivity contribution < 1.29 is 87.5 Å². The molecule has 23 N–H and O–H groups in total. The van der Waals surface area contributed by atoms with Crippen LogP contribution in [0.5, 0.6) is 5.75 Å². The predicted octanol–water partition coefficient (Wildman–Crippen LogP) is -1.67. The smallest absolute Gasteiger partial charge is 0.327 e. The average Bonchev–Trinajstić information content (AvgIpc) is 1.72. The average molecular weight is 1680 g/mol. The lowest BCUT2D eigenvalue weighted by Crippen LogP contribution is -2.63. The van der Waals surface area contributed by atoms with E-state index >= 15 is 24.0 Å². The van der Waals surface area contributed by atoms with Crippen LogP contribution in [0.25, 0.3) is 10.9 Å². The predicted molar refractivity (Wildman–Crippen MR) is 444 cm³/mol. The lowest BCUT2D eigenvalue weighted by atomic mass is 9.99. The first-order chi connectivity index (χ1) is 57.0. The summed E-state index contributed by atoms with van der Waals surface area (Å²) in [4.78, 5) is 209. The highest BCUT2D eigenvalue weighted by molar-refractivity contribution is 8.76. The van der Waals surface area contributed by atoms with Crippen LogP contribution < -0.4 is 85.9 Å². The second-order valence-electron chi connectivity index (χ2n) is 29.5. The number of para-hydroxylation sites is 1. The number of aliphatic hydroxyl groups excluding tert-OH is 2. The molecule has 3 heterocycles. The van der Waals surface area contributed by atoms with Crippen molar-refractivity contribution in [2.24, 2.45) is 11.5 Å². The molecular formula is C82H107N17O18S2. The normalized spacial score (nSPS) is 23.4. The molecular weight excluding hydrogens is 1580 g/mol. The zero-order valence-corrected chi connectivity index (χ0v) is 67.9. The van der Waals surface area contributed by atoms with Crippen molar-refractivity contribution in [2.45, 2.75) is 189 Å². The molecule has 2 aliphatic heterocycles. The van der Waals surface area contributed by atoms with Crippen LogP contribution in [0.15, 0.2) is 140 Å². The molecule has 13 amide bonds. The van der Waals surface area contributed by atoms with Gasteiger partial charge in [-0.1, -0.05) is 151 Å². The Morgan fingerprint density at radius 1 is 0.504 bits per heavy atom. The molecule has 2 aliphatic rings. The number of aliphatic carboxylic acids is 1. The van der Waals surface area contributed by atoms with Gasteiger partial charge in [-0.2, -0.15) is 0 Å². The summed E-state index contributed by atoms with van der Waals surface area (Å²) < 4.78 is 0. The number of hydrogen-bond donors (Lipinski definition) is 21. The van der Waals surface area contributed by atoms with Crippen molar-refractivity contribution in [1.82, 2.24) is 79.4 Å². The number of aromatic nitrogens is 1. The number of rotatable bonds is 22. The number of aliphatic hydroxyl groups is 2. The molecule has 0 aliphatic carbocycles. The van der Waals surface area contributed by atoms with Gasteiger partial charge in [0.1, 0.15) is 72.2 Å². The van der Waals surface area contributed by atoms with Crippen LogP contribution in [-0.2, 0) is 106 Å². The van der Waals surface area contributed by atoms with Gasteiger partial charge in [-0.25, -0.2) is 4.79 Å². The van der Waals surface area contributed by atoms with Crippen molar-refractivity contribution in [3.05, 3.63) is 173 Å². The molecule has 6 aromatic rings. The fourth-order valence-electron chi connectivity index (χ4n) is 13.0. The van der Waals surface area contributed by atoms with Crippen LogP contribution in [0.2, 0.25) is 0 Å². The number of amides is 13. The van der Waals surface area contributed by atoms with Crippen LogP contribution in [0.4, 0.5) is 0 Å². The van der Waals surface area contributed by atoms with E-state index in [1.807, 2.05) is 13.8 Å². The highest BCUT2D eigenvalue weighted by Gasteiger charge is 2.39. The van der Waals surface area contributed by atoms with E-state index in [9.17, 15) is 63.6 Å². The third-order valence-corrected chi connectivity index (χ3v) is 22.1. The largest absolute Gasteiger partial charge is 0.508 e. The highest BCUT2D eigenvalue weighted by Crippen LogP contribution is 2.25. The van der Waals surface area contributed by atoms with Crippen molar-refractivity contribution in [1.29, 1.82) is 0 Å². The molecule has 0 spiro atoms. The number of aromatic amines is 1. The Hall–Kier alpha value is -11.5. The molecule has 119 heavy (non-hydrogen) atoms. The maximum absolute atomic E-state index is 15.6. The van der Waals surface area contributed by atoms with E-state index in [-0.39, 0.29) is 75.6 Å². The molecule has 0 radical (unpaired) electrons. The molecule has 2 bridgehead atoms. The Bertz CT molecular complexity index is 4450.